The minimum Gasteiger partial charge on any atom is -0.462 e. The van der Waals surface area contributed by atoms with Gasteiger partial charge in [0.05, 0.1) is 18.3 Å². The maximum absolute atomic E-state index is 11.9. The molecule has 0 saturated heterocycles. The van der Waals surface area contributed by atoms with Crippen molar-refractivity contribution in [2.45, 2.75) is 38.9 Å². The number of hydrogen-bond acceptors (Lipinski definition) is 6. The molecule has 6 nitrogen and oxygen atoms in total. The summed E-state index contributed by atoms with van der Waals surface area (Å²) in [7, 11) is 1.63. The molecule has 0 aliphatic heterocycles. The molecule has 0 amide bonds. The van der Waals surface area contributed by atoms with Gasteiger partial charge >= 0.3 is 5.97 Å². The quantitative estimate of drug-likeness (QED) is 0.484. The zero-order valence-electron chi connectivity index (χ0n) is 16.6. The molecule has 6 heteroatoms. The largest absolute Gasteiger partial charge is 0.462 e. The van der Waals surface area contributed by atoms with Gasteiger partial charge in [0.15, 0.2) is 0 Å². The predicted molar refractivity (Wildman–Crippen MR) is 107 cm³/mol. The topological polar surface area (TPSA) is 81.8 Å². The van der Waals surface area contributed by atoms with Gasteiger partial charge in [0, 0.05) is 19.6 Å². The molecule has 0 aliphatic rings. The third kappa shape index (κ3) is 6.48. The first-order valence-corrected chi connectivity index (χ1v) is 9.14. The van der Waals surface area contributed by atoms with Gasteiger partial charge in [-0.05, 0) is 38.0 Å². The molecule has 2 aromatic rings. The van der Waals surface area contributed by atoms with Crippen molar-refractivity contribution < 1.29 is 23.8 Å². The molecular formula is C22H27NO5. The predicted octanol–water partition coefficient (Wildman–Crippen LogP) is 4.34. The van der Waals surface area contributed by atoms with Crippen LogP contribution in [0.15, 0.2) is 58.7 Å². The van der Waals surface area contributed by atoms with Gasteiger partial charge < -0.3 is 19.0 Å². The third-order valence-corrected chi connectivity index (χ3v) is 4.41. The Morgan fingerprint density at radius 1 is 1.36 bits per heavy atom. The molecule has 0 radical (unpaired) electrons. The summed E-state index contributed by atoms with van der Waals surface area (Å²) >= 11 is 0. The van der Waals surface area contributed by atoms with Crippen LogP contribution in [0, 0.1) is 0 Å². The maximum Gasteiger partial charge on any atom is 0.338 e. The number of carbonyl (C=O) groups excluding carboxylic acids is 1. The average molecular weight is 385 g/mol. The number of aliphatic hydroxyl groups is 1. The number of aliphatic hydroxyl groups excluding tert-OH is 1. The standard InChI is InChI=1S/C22H27NO5/c1-15(10-11-27-22(25)18-8-6-5-7-9-18)12-20(24)19-14-28-21(23-19)13-16(2)17(3)26-4/h5-9,13-14,17,20,24H,1,10-12H2,2-4H3/b16-13-/t17-,20+/m1/s1. The van der Waals surface area contributed by atoms with E-state index in [1.165, 1.54) is 6.26 Å². The second-order valence-corrected chi connectivity index (χ2v) is 6.60. The first kappa shape index (κ1) is 21.6. The first-order valence-electron chi connectivity index (χ1n) is 9.14. The highest BCUT2D eigenvalue weighted by atomic mass is 16.5. The number of oxazole rings is 1. The fourth-order valence-corrected chi connectivity index (χ4v) is 2.44. The molecule has 0 unspecified atom stereocenters. The summed E-state index contributed by atoms with van der Waals surface area (Å²) in [5, 5.41) is 10.3. The van der Waals surface area contributed by atoms with Crippen molar-refractivity contribution in [2.75, 3.05) is 13.7 Å². The van der Waals surface area contributed by atoms with Crippen LogP contribution < -0.4 is 0 Å². The highest BCUT2D eigenvalue weighted by molar-refractivity contribution is 5.89. The van der Waals surface area contributed by atoms with E-state index >= 15 is 0 Å². The third-order valence-electron chi connectivity index (χ3n) is 4.41. The first-order chi connectivity index (χ1) is 13.4. The highest BCUT2D eigenvalue weighted by Gasteiger charge is 2.15. The van der Waals surface area contributed by atoms with Gasteiger partial charge in [-0.15, -0.1) is 0 Å². The molecule has 2 atom stereocenters. The summed E-state index contributed by atoms with van der Waals surface area (Å²) < 4.78 is 15.9. The van der Waals surface area contributed by atoms with Crippen LogP contribution in [0.4, 0.5) is 0 Å². The van der Waals surface area contributed by atoms with Crippen LogP contribution in [0.25, 0.3) is 6.08 Å². The number of methoxy groups -OCH3 is 1. The van der Waals surface area contributed by atoms with E-state index in [1.807, 2.05) is 19.9 Å². The SMILES string of the molecule is C=C(CCOC(=O)c1ccccc1)C[C@H](O)c1coc(/C=C(/C)[C@@H](C)OC)n1. The minimum absolute atomic E-state index is 0.0429. The maximum atomic E-state index is 11.9. The van der Waals surface area contributed by atoms with Gasteiger partial charge in [-0.3, -0.25) is 0 Å². The van der Waals surface area contributed by atoms with Crippen molar-refractivity contribution >= 4 is 12.0 Å². The Morgan fingerprint density at radius 2 is 2.07 bits per heavy atom. The van der Waals surface area contributed by atoms with Crippen molar-refractivity contribution in [3.63, 3.8) is 0 Å². The summed E-state index contributed by atoms with van der Waals surface area (Å²) in [5.74, 6) is 0.0420. The van der Waals surface area contributed by atoms with Crippen LogP contribution >= 0.6 is 0 Å². The van der Waals surface area contributed by atoms with Crippen LogP contribution in [0.2, 0.25) is 0 Å². The smallest absolute Gasteiger partial charge is 0.338 e. The van der Waals surface area contributed by atoms with E-state index in [1.54, 1.807) is 37.5 Å². The highest BCUT2D eigenvalue weighted by Crippen LogP contribution is 2.22. The van der Waals surface area contributed by atoms with Gasteiger partial charge in [-0.1, -0.05) is 30.4 Å². The number of nitrogens with zero attached hydrogens (tertiary/aromatic N) is 1. The Bertz CT molecular complexity index is 809. The summed E-state index contributed by atoms with van der Waals surface area (Å²) in [6, 6.07) is 8.80. The van der Waals surface area contributed by atoms with Crippen molar-refractivity contribution in [1.29, 1.82) is 0 Å². The molecule has 1 aromatic carbocycles. The van der Waals surface area contributed by atoms with E-state index in [4.69, 9.17) is 13.9 Å². The van der Waals surface area contributed by atoms with E-state index in [0.29, 0.717) is 30.0 Å². The molecular weight excluding hydrogens is 358 g/mol. The molecule has 2 rings (SSSR count). The van der Waals surface area contributed by atoms with Crippen LogP contribution in [0.3, 0.4) is 0 Å². The molecule has 0 fully saturated rings. The van der Waals surface area contributed by atoms with Gasteiger partial charge in [0.2, 0.25) is 5.89 Å². The molecule has 28 heavy (non-hydrogen) atoms. The van der Waals surface area contributed by atoms with Crippen molar-refractivity contribution in [2.24, 2.45) is 0 Å². The van der Waals surface area contributed by atoms with Gasteiger partial charge in [-0.2, -0.15) is 0 Å². The summed E-state index contributed by atoms with van der Waals surface area (Å²) in [6.45, 7) is 8.00. The summed E-state index contributed by atoms with van der Waals surface area (Å²) in [4.78, 5) is 16.2. The lowest BCUT2D eigenvalue weighted by Crippen LogP contribution is -2.08. The second-order valence-electron chi connectivity index (χ2n) is 6.60. The zero-order valence-corrected chi connectivity index (χ0v) is 16.6. The molecule has 1 heterocycles. The number of ether oxygens (including phenoxy) is 2. The Hall–Kier alpha value is -2.70. The van der Waals surface area contributed by atoms with E-state index in [9.17, 15) is 9.90 Å². The molecule has 1 N–H and O–H groups in total. The number of hydrogen-bond donors (Lipinski definition) is 1. The molecule has 0 aliphatic carbocycles. The fraction of sp³-hybridized carbons (Fsp3) is 0.364. The zero-order chi connectivity index (χ0) is 20.5. The van der Waals surface area contributed by atoms with E-state index in [-0.39, 0.29) is 18.7 Å². The lowest BCUT2D eigenvalue weighted by molar-refractivity contribution is 0.0507. The van der Waals surface area contributed by atoms with Gasteiger partial charge in [0.1, 0.15) is 18.1 Å². The summed E-state index contributed by atoms with van der Waals surface area (Å²) in [6.07, 6.45) is 3.12. The van der Waals surface area contributed by atoms with Crippen molar-refractivity contribution in [3.8, 4) is 0 Å². The average Bonchev–Trinajstić information content (AvgIpc) is 3.16. The van der Waals surface area contributed by atoms with Crippen LogP contribution in [-0.2, 0) is 9.47 Å². The van der Waals surface area contributed by atoms with Crippen LogP contribution in [-0.4, -0.2) is 35.9 Å². The van der Waals surface area contributed by atoms with E-state index in [0.717, 1.165) is 11.1 Å². The normalized spacial score (nSPS) is 13.8. The monoisotopic (exact) mass is 385 g/mol. The summed E-state index contributed by atoms with van der Waals surface area (Å²) in [5.41, 5.74) is 2.67. The molecule has 0 bridgehead atoms. The van der Waals surface area contributed by atoms with Crippen molar-refractivity contribution in [1.82, 2.24) is 4.98 Å². The number of aromatic nitrogens is 1. The lowest BCUT2D eigenvalue weighted by atomic mass is 10.1. The molecule has 0 spiro atoms. The number of carbonyl (C=O) groups is 1. The molecule has 1 aromatic heterocycles. The Morgan fingerprint density at radius 3 is 2.75 bits per heavy atom. The number of benzene rings is 1. The fourth-order valence-electron chi connectivity index (χ4n) is 2.44. The lowest BCUT2D eigenvalue weighted by Gasteiger charge is -2.10. The Labute approximate surface area is 165 Å². The minimum atomic E-state index is -0.830. The van der Waals surface area contributed by atoms with Gasteiger partial charge in [-0.25, -0.2) is 9.78 Å². The molecule has 150 valence electrons. The van der Waals surface area contributed by atoms with E-state index in [2.05, 4.69) is 11.6 Å². The molecule has 0 saturated carbocycles. The second kappa shape index (κ2) is 10.6. The number of rotatable bonds is 10. The van der Waals surface area contributed by atoms with Crippen molar-refractivity contribution in [3.05, 3.63) is 71.5 Å². The van der Waals surface area contributed by atoms with E-state index < -0.39 is 6.10 Å². The van der Waals surface area contributed by atoms with Crippen LogP contribution in [0.5, 0.6) is 0 Å². The Balaban J connectivity index is 1.80. The Kier molecular flexibility index (Phi) is 8.17. The van der Waals surface area contributed by atoms with Gasteiger partial charge in [0.25, 0.3) is 0 Å². The number of esters is 1. The van der Waals surface area contributed by atoms with Crippen LogP contribution in [0.1, 0.15) is 54.7 Å².